The highest BCUT2D eigenvalue weighted by atomic mass is 79.9. The Labute approximate surface area is 118 Å². The van der Waals surface area contributed by atoms with Crippen molar-refractivity contribution in [1.29, 1.82) is 0 Å². The number of nitrogens with one attached hydrogen (secondary N) is 1. The lowest BCUT2D eigenvalue weighted by atomic mass is 10.2. The molecular weight excluding hydrogens is 308 g/mol. The van der Waals surface area contributed by atoms with Crippen LogP contribution < -0.4 is 0 Å². The third-order valence-electron chi connectivity index (χ3n) is 2.93. The van der Waals surface area contributed by atoms with Crippen molar-refractivity contribution in [3.8, 4) is 5.69 Å². The SMILES string of the molecule is Cc1ccc2c(c1)[nH]c(=S)n2-c1ccccc1Br. The van der Waals surface area contributed by atoms with Crippen molar-refractivity contribution in [3.05, 3.63) is 57.3 Å². The predicted octanol–water partition coefficient (Wildman–Crippen LogP) is 4.76. The highest BCUT2D eigenvalue weighted by molar-refractivity contribution is 9.10. The lowest BCUT2D eigenvalue weighted by molar-refractivity contribution is 1.06. The van der Waals surface area contributed by atoms with Crippen LogP contribution in [0.1, 0.15) is 5.56 Å². The third-order valence-corrected chi connectivity index (χ3v) is 3.89. The Morgan fingerprint density at radius 2 is 1.94 bits per heavy atom. The number of imidazole rings is 1. The molecule has 0 saturated carbocycles. The summed E-state index contributed by atoms with van der Waals surface area (Å²) >= 11 is 9.00. The van der Waals surface area contributed by atoms with E-state index in [0.29, 0.717) is 4.77 Å². The van der Waals surface area contributed by atoms with Crippen molar-refractivity contribution in [2.75, 3.05) is 0 Å². The van der Waals surface area contributed by atoms with Crippen LogP contribution in [0.2, 0.25) is 0 Å². The zero-order valence-corrected chi connectivity index (χ0v) is 12.2. The highest BCUT2D eigenvalue weighted by Crippen LogP contribution is 2.25. The van der Waals surface area contributed by atoms with Gasteiger partial charge in [-0.2, -0.15) is 0 Å². The van der Waals surface area contributed by atoms with Gasteiger partial charge in [0.1, 0.15) is 0 Å². The molecule has 0 atom stereocenters. The number of aromatic nitrogens is 2. The first-order chi connectivity index (χ1) is 8.66. The second kappa shape index (κ2) is 4.37. The summed E-state index contributed by atoms with van der Waals surface area (Å²) in [4.78, 5) is 3.25. The van der Waals surface area contributed by atoms with Crippen LogP contribution >= 0.6 is 28.1 Å². The van der Waals surface area contributed by atoms with Gasteiger partial charge < -0.3 is 4.98 Å². The summed E-state index contributed by atoms with van der Waals surface area (Å²) in [5, 5.41) is 0. The number of para-hydroxylation sites is 1. The molecule has 1 heterocycles. The van der Waals surface area contributed by atoms with Gasteiger partial charge in [0.25, 0.3) is 0 Å². The van der Waals surface area contributed by atoms with Crippen LogP contribution in [0.4, 0.5) is 0 Å². The molecule has 0 radical (unpaired) electrons. The van der Waals surface area contributed by atoms with Crippen LogP contribution in [-0.4, -0.2) is 9.55 Å². The summed E-state index contributed by atoms with van der Waals surface area (Å²) in [5.74, 6) is 0. The molecule has 0 fully saturated rings. The summed E-state index contributed by atoms with van der Waals surface area (Å²) in [7, 11) is 0. The molecule has 0 aliphatic rings. The maximum atomic E-state index is 5.42. The van der Waals surface area contributed by atoms with E-state index in [9.17, 15) is 0 Å². The minimum absolute atomic E-state index is 0.711. The number of aromatic amines is 1. The fourth-order valence-corrected chi connectivity index (χ4v) is 2.87. The summed E-state index contributed by atoms with van der Waals surface area (Å²) in [5.41, 5.74) is 4.43. The number of hydrogen-bond acceptors (Lipinski definition) is 1. The number of rotatable bonds is 1. The molecular formula is C14H11BrN2S. The summed E-state index contributed by atoms with van der Waals surface area (Å²) in [6, 6.07) is 14.4. The minimum atomic E-state index is 0.711. The van der Waals surface area contributed by atoms with E-state index in [4.69, 9.17) is 12.2 Å². The molecule has 0 spiro atoms. The topological polar surface area (TPSA) is 20.7 Å². The quantitative estimate of drug-likeness (QED) is 0.641. The Kier molecular flexibility index (Phi) is 2.84. The number of H-pyrrole nitrogens is 1. The normalized spacial score (nSPS) is 11.0. The summed E-state index contributed by atoms with van der Waals surface area (Å²) < 4.78 is 3.79. The van der Waals surface area contributed by atoms with Crippen LogP contribution in [-0.2, 0) is 0 Å². The van der Waals surface area contributed by atoms with Gasteiger partial charge in [-0.15, -0.1) is 0 Å². The van der Waals surface area contributed by atoms with E-state index < -0.39 is 0 Å². The van der Waals surface area contributed by atoms with Gasteiger partial charge in [-0.3, -0.25) is 4.57 Å². The number of benzene rings is 2. The fourth-order valence-electron chi connectivity index (χ4n) is 2.10. The van der Waals surface area contributed by atoms with Gasteiger partial charge in [0.15, 0.2) is 4.77 Å². The van der Waals surface area contributed by atoms with E-state index in [2.05, 4.69) is 46.0 Å². The molecule has 18 heavy (non-hydrogen) atoms. The van der Waals surface area contributed by atoms with E-state index in [-0.39, 0.29) is 0 Å². The maximum absolute atomic E-state index is 5.42. The van der Waals surface area contributed by atoms with Crippen molar-refractivity contribution in [2.24, 2.45) is 0 Å². The first-order valence-electron chi connectivity index (χ1n) is 5.63. The second-order valence-electron chi connectivity index (χ2n) is 4.24. The number of fused-ring (bicyclic) bond motifs is 1. The zero-order chi connectivity index (χ0) is 12.7. The van der Waals surface area contributed by atoms with Crippen molar-refractivity contribution in [2.45, 2.75) is 6.92 Å². The number of aryl methyl sites for hydroxylation is 1. The monoisotopic (exact) mass is 318 g/mol. The zero-order valence-electron chi connectivity index (χ0n) is 9.77. The lowest BCUT2D eigenvalue weighted by Crippen LogP contribution is -1.94. The molecule has 0 amide bonds. The Bertz CT molecular complexity index is 786. The van der Waals surface area contributed by atoms with Gasteiger partial charge in [-0.05, 0) is 64.9 Å². The maximum Gasteiger partial charge on any atom is 0.182 e. The molecule has 0 aliphatic heterocycles. The molecule has 1 N–H and O–H groups in total. The van der Waals surface area contributed by atoms with Crippen LogP contribution in [0.15, 0.2) is 46.9 Å². The van der Waals surface area contributed by atoms with Gasteiger partial charge in [0, 0.05) is 4.47 Å². The van der Waals surface area contributed by atoms with E-state index in [1.54, 1.807) is 0 Å². The Morgan fingerprint density at radius 3 is 2.72 bits per heavy atom. The standard InChI is InChI=1S/C14H11BrN2S/c1-9-6-7-13-11(8-9)16-14(18)17(13)12-5-3-2-4-10(12)15/h2-8H,1H3,(H,16,18). The Morgan fingerprint density at radius 1 is 1.17 bits per heavy atom. The van der Waals surface area contributed by atoms with Crippen LogP contribution in [0.5, 0.6) is 0 Å². The molecule has 0 saturated heterocycles. The average Bonchev–Trinajstić information content (AvgIpc) is 2.65. The first-order valence-corrected chi connectivity index (χ1v) is 6.83. The molecule has 90 valence electrons. The number of hydrogen-bond donors (Lipinski definition) is 1. The van der Waals surface area contributed by atoms with Crippen molar-refractivity contribution >= 4 is 39.2 Å². The number of halogens is 1. The van der Waals surface area contributed by atoms with E-state index in [1.807, 2.05) is 28.8 Å². The largest absolute Gasteiger partial charge is 0.330 e. The summed E-state index contributed by atoms with van der Waals surface area (Å²) in [6.45, 7) is 2.08. The van der Waals surface area contributed by atoms with E-state index >= 15 is 0 Å². The Balaban J connectivity index is 2.40. The van der Waals surface area contributed by atoms with Crippen LogP contribution in [0.25, 0.3) is 16.7 Å². The smallest absolute Gasteiger partial charge is 0.182 e. The Hall–Kier alpha value is -1.39. The molecule has 0 unspecified atom stereocenters. The molecule has 3 rings (SSSR count). The van der Waals surface area contributed by atoms with E-state index in [1.165, 1.54) is 5.56 Å². The molecule has 3 aromatic rings. The van der Waals surface area contributed by atoms with Gasteiger partial charge in [0.05, 0.1) is 16.7 Å². The average molecular weight is 319 g/mol. The lowest BCUT2D eigenvalue weighted by Gasteiger charge is -2.06. The molecule has 2 aromatic carbocycles. The highest BCUT2D eigenvalue weighted by Gasteiger charge is 2.08. The van der Waals surface area contributed by atoms with Crippen LogP contribution in [0, 0.1) is 11.7 Å². The van der Waals surface area contributed by atoms with Gasteiger partial charge in [0.2, 0.25) is 0 Å². The van der Waals surface area contributed by atoms with Crippen molar-refractivity contribution in [1.82, 2.24) is 9.55 Å². The van der Waals surface area contributed by atoms with E-state index in [0.717, 1.165) is 21.2 Å². The molecule has 4 heteroatoms. The van der Waals surface area contributed by atoms with Gasteiger partial charge >= 0.3 is 0 Å². The van der Waals surface area contributed by atoms with Crippen molar-refractivity contribution in [3.63, 3.8) is 0 Å². The minimum Gasteiger partial charge on any atom is -0.330 e. The van der Waals surface area contributed by atoms with Gasteiger partial charge in [-0.25, -0.2) is 0 Å². The molecule has 1 aromatic heterocycles. The molecule has 2 nitrogen and oxygen atoms in total. The van der Waals surface area contributed by atoms with Gasteiger partial charge in [-0.1, -0.05) is 18.2 Å². The molecule has 0 bridgehead atoms. The van der Waals surface area contributed by atoms with Crippen LogP contribution in [0.3, 0.4) is 0 Å². The second-order valence-corrected chi connectivity index (χ2v) is 5.48. The molecule has 0 aliphatic carbocycles. The number of nitrogens with zero attached hydrogens (tertiary/aromatic N) is 1. The fraction of sp³-hybridized carbons (Fsp3) is 0.0714. The summed E-state index contributed by atoms with van der Waals surface area (Å²) in [6.07, 6.45) is 0. The first kappa shape index (κ1) is 11.7. The van der Waals surface area contributed by atoms with Crippen molar-refractivity contribution < 1.29 is 0 Å². The predicted molar refractivity (Wildman–Crippen MR) is 80.9 cm³/mol. The third kappa shape index (κ3) is 1.82.